The number of hydrogen-bond acceptors (Lipinski definition) is 4. The highest BCUT2D eigenvalue weighted by atomic mass is 16.1. The molecule has 1 atom stereocenters. The number of benzene rings is 1. The maximum Gasteiger partial charge on any atom is 0.221 e. The van der Waals surface area contributed by atoms with E-state index in [1.54, 1.807) is 18.2 Å². The maximum absolute atomic E-state index is 11.6. The van der Waals surface area contributed by atoms with Crippen molar-refractivity contribution in [2.45, 2.75) is 32.7 Å². The fourth-order valence-corrected chi connectivity index (χ4v) is 1.54. The van der Waals surface area contributed by atoms with Crippen LogP contribution in [-0.4, -0.2) is 18.5 Å². The van der Waals surface area contributed by atoms with Crippen LogP contribution in [0.1, 0.15) is 32.3 Å². The third-order valence-corrected chi connectivity index (χ3v) is 2.87. The number of rotatable bonds is 6. The normalized spacial score (nSPS) is 11.4. The maximum atomic E-state index is 11.6. The largest absolute Gasteiger partial charge is 0.398 e. The summed E-state index contributed by atoms with van der Waals surface area (Å²) in [5.74, 6) is 0.0310. The van der Waals surface area contributed by atoms with Crippen LogP contribution in [0.2, 0.25) is 0 Å². The summed E-state index contributed by atoms with van der Waals surface area (Å²) < 4.78 is 0. The van der Waals surface area contributed by atoms with E-state index in [2.05, 4.69) is 10.6 Å². The molecular formula is C14H20N4O. The number of nitriles is 1. The molecule has 0 saturated carbocycles. The molecule has 1 amide bonds. The van der Waals surface area contributed by atoms with Crippen LogP contribution in [0.15, 0.2) is 18.2 Å². The fourth-order valence-electron chi connectivity index (χ4n) is 1.54. The van der Waals surface area contributed by atoms with E-state index in [1.807, 2.05) is 19.9 Å². The summed E-state index contributed by atoms with van der Waals surface area (Å²) in [6, 6.07) is 7.36. The van der Waals surface area contributed by atoms with Crippen LogP contribution in [0.4, 0.5) is 11.4 Å². The highest BCUT2D eigenvalue weighted by Gasteiger charge is 2.05. The third kappa shape index (κ3) is 4.88. The number of nitrogens with two attached hydrogens (primary N) is 1. The molecular weight excluding hydrogens is 240 g/mol. The van der Waals surface area contributed by atoms with Gasteiger partial charge < -0.3 is 16.4 Å². The second kappa shape index (κ2) is 7.27. The van der Waals surface area contributed by atoms with Crippen molar-refractivity contribution in [2.24, 2.45) is 0 Å². The van der Waals surface area contributed by atoms with E-state index in [4.69, 9.17) is 11.0 Å². The first kappa shape index (κ1) is 14.8. The molecule has 0 aromatic heterocycles. The van der Waals surface area contributed by atoms with Crippen molar-refractivity contribution in [3.63, 3.8) is 0 Å². The molecule has 4 N–H and O–H groups in total. The molecule has 0 fully saturated rings. The lowest BCUT2D eigenvalue weighted by Gasteiger charge is -2.12. The summed E-state index contributed by atoms with van der Waals surface area (Å²) in [5, 5.41) is 14.8. The molecule has 1 unspecified atom stereocenters. The zero-order valence-corrected chi connectivity index (χ0v) is 11.4. The number of amides is 1. The first-order chi connectivity index (χ1) is 9.06. The van der Waals surface area contributed by atoms with E-state index in [9.17, 15) is 4.79 Å². The van der Waals surface area contributed by atoms with Crippen molar-refractivity contribution in [1.82, 2.24) is 5.32 Å². The predicted octanol–water partition coefficient (Wildman–Crippen LogP) is 1.86. The van der Waals surface area contributed by atoms with Crippen LogP contribution >= 0.6 is 0 Å². The van der Waals surface area contributed by atoms with E-state index in [0.29, 0.717) is 24.2 Å². The average molecular weight is 260 g/mol. The molecule has 0 aliphatic carbocycles. The lowest BCUT2D eigenvalue weighted by molar-refractivity contribution is -0.121. The van der Waals surface area contributed by atoms with Gasteiger partial charge >= 0.3 is 0 Å². The summed E-state index contributed by atoms with van der Waals surface area (Å²) in [5.41, 5.74) is 7.42. The van der Waals surface area contributed by atoms with Crippen molar-refractivity contribution < 1.29 is 4.79 Å². The van der Waals surface area contributed by atoms with Crippen LogP contribution < -0.4 is 16.4 Å². The van der Waals surface area contributed by atoms with Crippen LogP contribution in [-0.2, 0) is 4.79 Å². The molecule has 0 saturated heterocycles. The fraction of sp³-hybridized carbons (Fsp3) is 0.429. The molecule has 5 heteroatoms. The Bertz CT molecular complexity index is 479. The van der Waals surface area contributed by atoms with E-state index >= 15 is 0 Å². The van der Waals surface area contributed by atoms with Gasteiger partial charge in [0.15, 0.2) is 0 Å². The summed E-state index contributed by atoms with van der Waals surface area (Å²) >= 11 is 0. The highest BCUT2D eigenvalue weighted by molar-refractivity contribution is 5.76. The average Bonchev–Trinajstić information content (AvgIpc) is 2.38. The minimum absolute atomic E-state index is 0.0310. The van der Waals surface area contributed by atoms with Gasteiger partial charge in [-0.1, -0.05) is 6.92 Å². The SMILES string of the molecule is CCC(C)NC(=O)CCNc1ccc(C#N)c(N)c1. The number of nitrogens with zero attached hydrogens (tertiary/aromatic N) is 1. The van der Waals surface area contributed by atoms with Gasteiger partial charge in [-0.3, -0.25) is 4.79 Å². The van der Waals surface area contributed by atoms with Gasteiger partial charge in [-0.25, -0.2) is 0 Å². The van der Waals surface area contributed by atoms with Gasteiger partial charge in [0.25, 0.3) is 0 Å². The van der Waals surface area contributed by atoms with E-state index in [-0.39, 0.29) is 11.9 Å². The summed E-state index contributed by atoms with van der Waals surface area (Å²) in [6.07, 6.45) is 1.33. The van der Waals surface area contributed by atoms with Gasteiger partial charge in [0.05, 0.1) is 11.3 Å². The lowest BCUT2D eigenvalue weighted by atomic mass is 10.2. The number of nitrogens with one attached hydrogen (secondary N) is 2. The number of anilines is 2. The molecule has 0 aliphatic heterocycles. The Balaban J connectivity index is 2.39. The van der Waals surface area contributed by atoms with Crippen LogP contribution in [0.3, 0.4) is 0 Å². The number of carbonyl (C=O) groups is 1. The lowest BCUT2D eigenvalue weighted by Crippen LogP contribution is -2.32. The smallest absolute Gasteiger partial charge is 0.221 e. The van der Waals surface area contributed by atoms with Crippen LogP contribution in [0.25, 0.3) is 0 Å². The van der Waals surface area contributed by atoms with E-state index < -0.39 is 0 Å². The van der Waals surface area contributed by atoms with Crippen molar-refractivity contribution in [3.05, 3.63) is 23.8 Å². The van der Waals surface area contributed by atoms with Gasteiger partial charge in [0.1, 0.15) is 6.07 Å². The molecule has 0 spiro atoms. The van der Waals surface area contributed by atoms with Gasteiger partial charge in [-0.05, 0) is 31.5 Å². The molecule has 0 heterocycles. The standard InChI is InChI=1S/C14H20N4O/c1-3-10(2)18-14(19)6-7-17-12-5-4-11(9-15)13(16)8-12/h4-5,8,10,17H,3,6-7,16H2,1-2H3,(H,18,19). The number of nitrogen functional groups attached to an aromatic ring is 1. The van der Waals surface area contributed by atoms with Crippen molar-refractivity contribution in [3.8, 4) is 6.07 Å². The number of carbonyl (C=O) groups excluding carboxylic acids is 1. The Labute approximate surface area is 113 Å². The van der Waals surface area contributed by atoms with Gasteiger partial charge in [0.2, 0.25) is 5.91 Å². The zero-order valence-electron chi connectivity index (χ0n) is 11.4. The predicted molar refractivity (Wildman–Crippen MR) is 76.6 cm³/mol. The van der Waals surface area contributed by atoms with Gasteiger partial charge in [0, 0.05) is 24.7 Å². The molecule has 5 nitrogen and oxygen atoms in total. The van der Waals surface area contributed by atoms with E-state index in [1.165, 1.54) is 0 Å². The van der Waals surface area contributed by atoms with Crippen molar-refractivity contribution in [2.75, 3.05) is 17.6 Å². The molecule has 1 rings (SSSR count). The van der Waals surface area contributed by atoms with Gasteiger partial charge in [-0.15, -0.1) is 0 Å². The third-order valence-electron chi connectivity index (χ3n) is 2.87. The highest BCUT2D eigenvalue weighted by Crippen LogP contribution is 2.16. The Morgan fingerprint density at radius 3 is 2.84 bits per heavy atom. The van der Waals surface area contributed by atoms with Crippen LogP contribution in [0.5, 0.6) is 0 Å². The molecule has 102 valence electrons. The van der Waals surface area contributed by atoms with Crippen molar-refractivity contribution in [1.29, 1.82) is 5.26 Å². The second-order valence-electron chi connectivity index (χ2n) is 4.47. The molecule has 19 heavy (non-hydrogen) atoms. The molecule has 1 aromatic rings. The van der Waals surface area contributed by atoms with Crippen LogP contribution in [0, 0.1) is 11.3 Å². The molecule has 0 radical (unpaired) electrons. The summed E-state index contributed by atoms with van der Waals surface area (Å²) in [4.78, 5) is 11.6. The Kier molecular flexibility index (Phi) is 5.68. The first-order valence-electron chi connectivity index (χ1n) is 6.39. The monoisotopic (exact) mass is 260 g/mol. The second-order valence-corrected chi connectivity index (χ2v) is 4.47. The van der Waals surface area contributed by atoms with Gasteiger partial charge in [-0.2, -0.15) is 5.26 Å². The molecule has 0 aliphatic rings. The molecule has 0 bridgehead atoms. The summed E-state index contributed by atoms with van der Waals surface area (Å²) in [7, 11) is 0. The minimum Gasteiger partial charge on any atom is -0.398 e. The minimum atomic E-state index is 0.0310. The Morgan fingerprint density at radius 2 is 2.26 bits per heavy atom. The zero-order chi connectivity index (χ0) is 14.3. The summed E-state index contributed by atoms with van der Waals surface area (Å²) in [6.45, 7) is 4.54. The van der Waals surface area contributed by atoms with E-state index in [0.717, 1.165) is 12.1 Å². The Hall–Kier alpha value is -2.22. The Morgan fingerprint density at radius 1 is 1.53 bits per heavy atom. The van der Waals surface area contributed by atoms with Crippen molar-refractivity contribution >= 4 is 17.3 Å². The topological polar surface area (TPSA) is 90.9 Å². The number of hydrogen-bond donors (Lipinski definition) is 3. The quantitative estimate of drug-likeness (QED) is 0.681. The molecule has 1 aromatic carbocycles. The first-order valence-corrected chi connectivity index (χ1v) is 6.39.